The van der Waals surface area contributed by atoms with Gasteiger partial charge in [-0.05, 0) is 13.0 Å². The number of ether oxygens (including phenoxy) is 1. The molecule has 3 heteroatoms. The third-order valence-electron chi connectivity index (χ3n) is 3.11. The van der Waals surface area contributed by atoms with Gasteiger partial charge in [-0.3, -0.25) is 4.90 Å². The summed E-state index contributed by atoms with van der Waals surface area (Å²) in [5.74, 6) is 3.39. The van der Waals surface area contributed by atoms with Gasteiger partial charge in [0, 0.05) is 25.6 Å². The van der Waals surface area contributed by atoms with E-state index in [1.54, 1.807) is 0 Å². The van der Waals surface area contributed by atoms with Gasteiger partial charge >= 0.3 is 0 Å². The first kappa shape index (κ1) is 9.97. The van der Waals surface area contributed by atoms with Gasteiger partial charge in [-0.25, -0.2) is 0 Å². The molecule has 0 unspecified atom stereocenters. The Hall–Kier alpha value is -0.560. The first-order chi connectivity index (χ1) is 6.90. The third-order valence-corrected chi connectivity index (χ3v) is 3.11. The molecule has 2 aliphatic heterocycles. The van der Waals surface area contributed by atoms with Crippen molar-refractivity contribution < 1.29 is 4.74 Å². The smallest absolute Gasteiger partial charge is 0.0743 e. The lowest BCUT2D eigenvalue weighted by atomic mass is 9.94. The molecule has 1 N–H and O–H groups in total. The molecule has 0 aromatic rings. The molecule has 0 spiro atoms. The molecule has 0 aromatic heterocycles. The quantitative estimate of drug-likeness (QED) is 0.591. The Bertz CT molecular complexity index is 224. The number of hydrogen-bond donors (Lipinski definition) is 1. The summed E-state index contributed by atoms with van der Waals surface area (Å²) in [5.41, 5.74) is 0. The second kappa shape index (κ2) is 4.79. The van der Waals surface area contributed by atoms with Gasteiger partial charge in [0.25, 0.3) is 0 Å². The van der Waals surface area contributed by atoms with Crippen LogP contribution in [0.5, 0.6) is 0 Å². The summed E-state index contributed by atoms with van der Waals surface area (Å²) < 4.78 is 5.81. The van der Waals surface area contributed by atoms with E-state index in [-0.39, 0.29) is 0 Å². The molecule has 14 heavy (non-hydrogen) atoms. The SMILES string of the molecule is C#CCN1CC[C@H]2CNCCO[C@H]2C1. The van der Waals surface area contributed by atoms with Crippen molar-refractivity contribution in [1.82, 2.24) is 10.2 Å². The summed E-state index contributed by atoms with van der Waals surface area (Å²) in [6, 6.07) is 0. The van der Waals surface area contributed by atoms with Crippen molar-refractivity contribution in [1.29, 1.82) is 0 Å². The van der Waals surface area contributed by atoms with E-state index in [0.717, 1.165) is 39.3 Å². The fraction of sp³-hybridized carbons (Fsp3) is 0.818. The minimum absolute atomic E-state index is 0.395. The minimum Gasteiger partial charge on any atom is -0.375 e. The summed E-state index contributed by atoms with van der Waals surface area (Å²) in [5, 5.41) is 3.41. The fourth-order valence-electron chi connectivity index (χ4n) is 2.29. The molecule has 2 aliphatic rings. The molecule has 0 radical (unpaired) electrons. The lowest BCUT2D eigenvalue weighted by Gasteiger charge is -2.36. The number of likely N-dealkylation sites (tertiary alicyclic amines) is 1. The van der Waals surface area contributed by atoms with E-state index in [1.807, 2.05) is 0 Å². The molecule has 0 aliphatic carbocycles. The van der Waals surface area contributed by atoms with Crippen LogP contribution >= 0.6 is 0 Å². The number of terminal acetylenes is 1. The molecule has 0 saturated carbocycles. The number of piperidine rings is 1. The third kappa shape index (κ3) is 2.27. The zero-order valence-electron chi connectivity index (χ0n) is 8.54. The Balaban J connectivity index is 1.90. The van der Waals surface area contributed by atoms with Crippen molar-refractivity contribution in [2.75, 3.05) is 39.3 Å². The van der Waals surface area contributed by atoms with Crippen molar-refractivity contribution in [2.45, 2.75) is 12.5 Å². The van der Waals surface area contributed by atoms with Crippen LogP contribution in [0.15, 0.2) is 0 Å². The Morgan fingerprint density at radius 3 is 3.36 bits per heavy atom. The van der Waals surface area contributed by atoms with Gasteiger partial charge in [0.15, 0.2) is 0 Å². The molecule has 78 valence electrons. The van der Waals surface area contributed by atoms with Crippen molar-refractivity contribution in [3.8, 4) is 12.3 Å². The average molecular weight is 194 g/mol. The van der Waals surface area contributed by atoms with Gasteiger partial charge in [0.2, 0.25) is 0 Å². The maximum Gasteiger partial charge on any atom is 0.0743 e. The highest BCUT2D eigenvalue weighted by Gasteiger charge is 2.30. The second-order valence-corrected chi connectivity index (χ2v) is 4.10. The topological polar surface area (TPSA) is 24.5 Å². The van der Waals surface area contributed by atoms with Crippen LogP contribution in [0.4, 0.5) is 0 Å². The van der Waals surface area contributed by atoms with E-state index in [9.17, 15) is 0 Å². The van der Waals surface area contributed by atoms with Gasteiger partial charge in [0.05, 0.1) is 19.3 Å². The summed E-state index contributed by atoms with van der Waals surface area (Å²) in [7, 11) is 0. The molecule has 0 amide bonds. The van der Waals surface area contributed by atoms with Gasteiger partial charge in [-0.15, -0.1) is 6.42 Å². The van der Waals surface area contributed by atoms with E-state index >= 15 is 0 Å². The zero-order valence-corrected chi connectivity index (χ0v) is 8.54. The van der Waals surface area contributed by atoms with Crippen LogP contribution in [0.25, 0.3) is 0 Å². The van der Waals surface area contributed by atoms with Gasteiger partial charge in [0.1, 0.15) is 0 Å². The summed E-state index contributed by atoms with van der Waals surface area (Å²) in [6.07, 6.45) is 6.92. The number of nitrogens with one attached hydrogen (secondary N) is 1. The number of nitrogens with zero attached hydrogens (tertiary/aromatic N) is 1. The molecular formula is C11H18N2O. The zero-order chi connectivity index (χ0) is 9.80. The van der Waals surface area contributed by atoms with Crippen molar-refractivity contribution in [3.63, 3.8) is 0 Å². The Labute approximate surface area is 85.8 Å². The molecule has 0 bridgehead atoms. The molecule has 2 atom stereocenters. The largest absolute Gasteiger partial charge is 0.375 e. The fourth-order valence-corrected chi connectivity index (χ4v) is 2.29. The van der Waals surface area contributed by atoms with Crippen molar-refractivity contribution in [3.05, 3.63) is 0 Å². The predicted molar refractivity (Wildman–Crippen MR) is 56.0 cm³/mol. The molecule has 2 heterocycles. The Morgan fingerprint density at radius 2 is 2.50 bits per heavy atom. The van der Waals surface area contributed by atoms with Gasteiger partial charge < -0.3 is 10.1 Å². The van der Waals surface area contributed by atoms with Crippen molar-refractivity contribution in [2.24, 2.45) is 5.92 Å². The average Bonchev–Trinajstić information content (AvgIpc) is 2.42. The van der Waals surface area contributed by atoms with Crippen LogP contribution in [0.1, 0.15) is 6.42 Å². The van der Waals surface area contributed by atoms with Crippen LogP contribution in [0.3, 0.4) is 0 Å². The van der Waals surface area contributed by atoms with E-state index in [4.69, 9.17) is 11.2 Å². The highest BCUT2D eigenvalue weighted by Crippen LogP contribution is 2.20. The van der Waals surface area contributed by atoms with Crippen LogP contribution in [-0.4, -0.2) is 50.3 Å². The van der Waals surface area contributed by atoms with E-state index < -0.39 is 0 Å². The summed E-state index contributed by atoms with van der Waals surface area (Å²) >= 11 is 0. The lowest BCUT2D eigenvalue weighted by molar-refractivity contribution is -0.0181. The van der Waals surface area contributed by atoms with E-state index in [2.05, 4.69) is 16.1 Å². The van der Waals surface area contributed by atoms with Gasteiger partial charge in [-0.2, -0.15) is 0 Å². The standard InChI is InChI=1S/C11H18N2O/c1-2-5-13-6-3-10-8-12-4-7-14-11(10)9-13/h1,10-12H,3-9H2/t10-,11-/m0/s1. The maximum atomic E-state index is 5.81. The predicted octanol–water partition coefficient (Wildman–Crippen LogP) is -0.0701. The maximum absolute atomic E-state index is 5.81. The Morgan fingerprint density at radius 1 is 1.57 bits per heavy atom. The van der Waals surface area contributed by atoms with Gasteiger partial charge in [-0.1, -0.05) is 5.92 Å². The number of rotatable bonds is 1. The monoisotopic (exact) mass is 194 g/mol. The summed E-state index contributed by atoms with van der Waals surface area (Å²) in [4.78, 5) is 2.31. The van der Waals surface area contributed by atoms with Crippen LogP contribution in [0, 0.1) is 18.3 Å². The van der Waals surface area contributed by atoms with Crippen LogP contribution < -0.4 is 5.32 Å². The molecule has 3 nitrogen and oxygen atoms in total. The molecule has 0 aromatic carbocycles. The normalized spacial score (nSPS) is 34.2. The molecule has 2 saturated heterocycles. The molecule has 2 fully saturated rings. The van der Waals surface area contributed by atoms with Crippen LogP contribution in [-0.2, 0) is 4.74 Å². The van der Waals surface area contributed by atoms with E-state index in [1.165, 1.54) is 6.42 Å². The lowest BCUT2D eigenvalue weighted by Crippen LogP contribution is -2.46. The van der Waals surface area contributed by atoms with Crippen LogP contribution in [0.2, 0.25) is 0 Å². The first-order valence-corrected chi connectivity index (χ1v) is 5.38. The molecule has 2 rings (SSSR count). The Kier molecular flexibility index (Phi) is 3.41. The molecular weight excluding hydrogens is 176 g/mol. The number of fused-ring (bicyclic) bond motifs is 1. The highest BCUT2D eigenvalue weighted by atomic mass is 16.5. The highest BCUT2D eigenvalue weighted by molar-refractivity contribution is 4.92. The first-order valence-electron chi connectivity index (χ1n) is 5.38. The van der Waals surface area contributed by atoms with E-state index in [0.29, 0.717) is 12.0 Å². The number of hydrogen-bond acceptors (Lipinski definition) is 3. The summed E-state index contributed by atoms with van der Waals surface area (Å²) in [6.45, 7) is 5.83. The minimum atomic E-state index is 0.395. The van der Waals surface area contributed by atoms with Crippen molar-refractivity contribution >= 4 is 0 Å². The second-order valence-electron chi connectivity index (χ2n) is 4.10.